The van der Waals surface area contributed by atoms with Crippen molar-refractivity contribution in [2.75, 3.05) is 27.4 Å². The fraction of sp³-hybridized carbons (Fsp3) is 0.250. The average molecular weight is 458 g/mol. The third-order valence-corrected chi connectivity index (χ3v) is 5.63. The molecule has 0 radical (unpaired) electrons. The van der Waals surface area contributed by atoms with Gasteiger partial charge < -0.3 is 14.2 Å². The van der Waals surface area contributed by atoms with Gasteiger partial charge in [0.1, 0.15) is 12.4 Å². The van der Waals surface area contributed by atoms with Gasteiger partial charge in [0.05, 0.1) is 25.2 Å². The standard InChI is InChI=1S/C24H24FNO5S/c1-4-5-18-12-17(14-21-23(27)26(10-11-29-2)24(28)32-21)13-20(30-3)22(18)31-15-16-6-8-19(25)9-7-16/h4,6-9,12-14H,1,5,10-11,15H2,2-3H3/b21-14+. The fourth-order valence-electron chi connectivity index (χ4n) is 3.15. The largest absolute Gasteiger partial charge is 0.493 e. The fourth-order valence-corrected chi connectivity index (χ4v) is 4.02. The van der Waals surface area contributed by atoms with Crippen LogP contribution in [0.25, 0.3) is 6.08 Å². The second-order valence-corrected chi connectivity index (χ2v) is 7.94. The van der Waals surface area contributed by atoms with E-state index in [4.69, 9.17) is 14.2 Å². The number of ether oxygens (including phenoxy) is 3. The molecule has 2 aromatic carbocycles. The molecule has 0 saturated carbocycles. The van der Waals surface area contributed by atoms with Crippen LogP contribution in [0.5, 0.6) is 11.5 Å². The van der Waals surface area contributed by atoms with Crippen LogP contribution in [-0.4, -0.2) is 43.4 Å². The smallest absolute Gasteiger partial charge is 0.293 e. The van der Waals surface area contributed by atoms with E-state index in [-0.39, 0.29) is 36.7 Å². The summed E-state index contributed by atoms with van der Waals surface area (Å²) < 4.78 is 29.6. The molecule has 0 aliphatic carbocycles. The number of carbonyl (C=O) groups is 2. The first-order chi connectivity index (χ1) is 15.5. The molecule has 1 heterocycles. The van der Waals surface area contributed by atoms with E-state index in [0.29, 0.717) is 28.4 Å². The molecule has 168 valence electrons. The Balaban J connectivity index is 1.88. The zero-order chi connectivity index (χ0) is 23.1. The van der Waals surface area contributed by atoms with Gasteiger partial charge in [0.25, 0.3) is 11.1 Å². The Kier molecular flexibility index (Phi) is 8.08. The molecule has 6 nitrogen and oxygen atoms in total. The van der Waals surface area contributed by atoms with Gasteiger partial charge in [-0.3, -0.25) is 14.5 Å². The Labute approximate surface area is 190 Å². The number of hydrogen-bond acceptors (Lipinski definition) is 6. The molecule has 0 aromatic heterocycles. The summed E-state index contributed by atoms with van der Waals surface area (Å²) in [6.45, 7) is 4.52. The van der Waals surface area contributed by atoms with Gasteiger partial charge in [-0.15, -0.1) is 6.58 Å². The van der Waals surface area contributed by atoms with Gasteiger partial charge >= 0.3 is 0 Å². The van der Waals surface area contributed by atoms with Crippen molar-refractivity contribution in [3.63, 3.8) is 0 Å². The van der Waals surface area contributed by atoms with Crippen LogP contribution in [0.1, 0.15) is 16.7 Å². The lowest BCUT2D eigenvalue weighted by Gasteiger charge is -2.16. The lowest BCUT2D eigenvalue weighted by atomic mass is 10.0. The van der Waals surface area contributed by atoms with E-state index in [1.807, 2.05) is 6.07 Å². The summed E-state index contributed by atoms with van der Waals surface area (Å²) in [5, 5.41) is -0.323. The molecule has 0 bridgehead atoms. The molecule has 8 heteroatoms. The van der Waals surface area contributed by atoms with Crippen LogP contribution in [-0.2, 0) is 22.6 Å². The summed E-state index contributed by atoms with van der Waals surface area (Å²) >= 11 is 0.893. The summed E-state index contributed by atoms with van der Waals surface area (Å²) in [6.07, 6.45) is 3.91. The van der Waals surface area contributed by atoms with Crippen LogP contribution in [0, 0.1) is 5.82 Å². The normalized spacial score (nSPS) is 14.8. The third-order valence-electron chi connectivity index (χ3n) is 4.73. The molecule has 0 spiro atoms. The molecular formula is C24H24FNO5S. The second kappa shape index (κ2) is 11.0. The minimum absolute atomic E-state index is 0.208. The topological polar surface area (TPSA) is 65.1 Å². The molecule has 1 saturated heterocycles. The van der Waals surface area contributed by atoms with E-state index in [1.165, 1.54) is 31.3 Å². The van der Waals surface area contributed by atoms with Crippen molar-refractivity contribution in [1.82, 2.24) is 4.90 Å². The first-order valence-corrected chi connectivity index (χ1v) is 10.7. The number of rotatable bonds is 10. The SMILES string of the molecule is C=CCc1cc(/C=C2/SC(=O)N(CCOC)C2=O)cc(OC)c1OCc1ccc(F)cc1. The summed E-state index contributed by atoms with van der Waals surface area (Å²) in [4.78, 5) is 26.3. The van der Waals surface area contributed by atoms with Crippen molar-refractivity contribution < 1.29 is 28.2 Å². The number of hydrogen-bond donors (Lipinski definition) is 0. The number of amides is 2. The molecule has 0 unspecified atom stereocenters. The lowest BCUT2D eigenvalue weighted by molar-refractivity contribution is -0.123. The van der Waals surface area contributed by atoms with Crippen LogP contribution in [0.4, 0.5) is 9.18 Å². The number of imide groups is 1. The van der Waals surface area contributed by atoms with Crippen LogP contribution in [0.15, 0.2) is 54.0 Å². The second-order valence-electron chi connectivity index (χ2n) is 6.95. The predicted molar refractivity (Wildman–Crippen MR) is 122 cm³/mol. The van der Waals surface area contributed by atoms with Crippen molar-refractivity contribution in [3.05, 3.63) is 76.5 Å². The van der Waals surface area contributed by atoms with E-state index < -0.39 is 0 Å². The zero-order valence-corrected chi connectivity index (χ0v) is 18.7. The van der Waals surface area contributed by atoms with E-state index >= 15 is 0 Å². The van der Waals surface area contributed by atoms with E-state index in [0.717, 1.165) is 22.9 Å². The highest BCUT2D eigenvalue weighted by atomic mass is 32.2. The molecule has 2 aromatic rings. The quantitative estimate of drug-likeness (QED) is 0.376. The molecule has 0 N–H and O–H groups in total. The maximum absolute atomic E-state index is 13.1. The minimum atomic E-state index is -0.349. The molecule has 1 aliphatic heterocycles. The van der Waals surface area contributed by atoms with Crippen molar-refractivity contribution in [3.8, 4) is 11.5 Å². The molecule has 0 atom stereocenters. The van der Waals surface area contributed by atoms with Crippen LogP contribution in [0.3, 0.4) is 0 Å². The van der Waals surface area contributed by atoms with Crippen molar-refractivity contribution in [2.24, 2.45) is 0 Å². The summed E-state index contributed by atoms with van der Waals surface area (Å²) in [6, 6.07) is 9.68. The molecule has 3 rings (SSSR count). The van der Waals surface area contributed by atoms with E-state index in [2.05, 4.69) is 6.58 Å². The van der Waals surface area contributed by atoms with Crippen molar-refractivity contribution in [1.29, 1.82) is 0 Å². The number of thioether (sulfide) groups is 1. The first-order valence-electron chi connectivity index (χ1n) is 9.90. The van der Waals surface area contributed by atoms with Crippen LogP contribution in [0.2, 0.25) is 0 Å². The molecule has 1 aliphatic rings. The lowest BCUT2D eigenvalue weighted by Crippen LogP contribution is -2.31. The van der Waals surface area contributed by atoms with Crippen molar-refractivity contribution >= 4 is 29.0 Å². The van der Waals surface area contributed by atoms with Gasteiger partial charge in [-0.25, -0.2) is 4.39 Å². The monoisotopic (exact) mass is 457 g/mol. The predicted octanol–water partition coefficient (Wildman–Crippen LogP) is 4.82. The Bertz CT molecular complexity index is 1040. The number of nitrogens with zero attached hydrogens (tertiary/aromatic N) is 1. The summed E-state index contributed by atoms with van der Waals surface area (Å²) in [5.41, 5.74) is 2.32. The van der Waals surface area contributed by atoms with Gasteiger partial charge in [0.15, 0.2) is 11.5 Å². The highest BCUT2D eigenvalue weighted by Gasteiger charge is 2.34. The number of halogens is 1. The third kappa shape index (κ3) is 5.57. The molecule has 2 amide bonds. The number of benzene rings is 2. The first kappa shape index (κ1) is 23.6. The summed E-state index contributed by atoms with van der Waals surface area (Å²) in [5.74, 6) is 0.367. The Hall–Kier alpha value is -3.10. The van der Waals surface area contributed by atoms with Gasteiger partial charge in [0.2, 0.25) is 0 Å². The molecule has 1 fully saturated rings. The molecule has 32 heavy (non-hydrogen) atoms. The highest BCUT2D eigenvalue weighted by molar-refractivity contribution is 8.18. The Morgan fingerprint density at radius 3 is 2.56 bits per heavy atom. The average Bonchev–Trinajstić information content (AvgIpc) is 3.04. The zero-order valence-electron chi connectivity index (χ0n) is 17.9. The maximum atomic E-state index is 13.1. The summed E-state index contributed by atoms with van der Waals surface area (Å²) in [7, 11) is 3.04. The van der Waals surface area contributed by atoms with E-state index in [1.54, 1.807) is 30.4 Å². The molecular weight excluding hydrogens is 433 g/mol. The highest BCUT2D eigenvalue weighted by Crippen LogP contribution is 2.37. The van der Waals surface area contributed by atoms with Gasteiger partial charge in [-0.2, -0.15) is 0 Å². The van der Waals surface area contributed by atoms with E-state index in [9.17, 15) is 14.0 Å². The maximum Gasteiger partial charge on any atom is 0.293 e. The Morgan fingerprint density at radius 1 is 1.16 bits per heavy atom. The van der Waals surface area contributed by atoms with Crippen LogP contribution >= 0.6 is 11.8 Å². The van der Waals surface area contributed by atoms with Crippen molar-refractivity contribution in [2.45, 2.75) is 13.0 Å². The van der Waals surface area contributed by atoms with Crippen LogP contribution < -0.4 is 9.47 Å². The number of carbonyl (C=O) groups excluding carboxylic acids is 2. The van der Waals surface area contributed by atoms with Gasteiger partial charge in [0, 0.05) is 12.7 Å². The van der Waals surface area contributed by atoms with Gasteiger partial charge in [-0.1, -0.05) is 18.2 Å². The minimum Gasteiger partial charge on any atom is -0.493 e. The number of methoxy groups -OCH3 is 2. The number of allylic oxidation sites excluding steroid dienone is 1. The van der Waals surface area contributed by atoms with Gasteiger partial charge in [-0.05, 0) is 59.7 Å². The Morgan fingerprint density at radius 2 is 1.91 bits per heavy atom.